The summed E-state index contributed by atoms with van der Waals surface area (Å²) in [7, 11) is -2.02. The molecule has 162 valence electrons. The van der Waals surface area contributed by atoms with E-state index in [1.807, 2.05) is 0 Å². The van der Waals surface area contributed by atoms with Crippen LogP contribution in [-0.4, -0.2) is 62.3 Å². The Morgan fingerprint density at radius 3 is 2.34 bits per heavy atom. The summed E-state index contributed by atoms with van der Waals surface area (Å²) in [5, 5.41) is 0.0709. The molecule has 0 heterocycles. The molecular formula is C20H29ClN2O5S. The molecule has 1 aliphatic rings. The fourth-order valence-electron chi connectivity index (χ4n) is 3.51. The number of benzene rings is 1. The van der Waals surface area contributed by atoms with Crippen LogP contribution in [0.15, 0.2) is 23.1 Å². The maximum Gasteiger partial charge on any atom is 0.340 e. The summed E-state index contributed by atoms with van der Waals surface area (Å²) in [5.41, 5.74) is -0.0759. The van der Waals surface area contributed by atoms with E-state index in [2.05, 4.69) is 0 Å². The summed E-state index contributed by atoms with van der Waals surface area (Å²) >= 11 is 6.08. The van der Waals surface area contributed by atoms with Gasteiger partial charge < -0.3 is 9.64 Å². The van der Waals surface area contributed by atoms with Gasteiger partial charge in [-0.05, 0) is 31.0 Å². The number of likely N-dealkylation sites (N-methyl/N-ethyl adjacent to an activating group) is 1. The lowest BCUT2D eigenvalue weighted by Crippen LogP contribution is -2.40. The average Bonchev–Trinajstić information content (AvgIpc) is 2.72. The molecule has 0 atom stereocenters. The number of sulfonamides is 1. The highest BCUT2D eigenvalue weighted by Gasteiger charge is 2.26. The number of nitrogens with zero attached hydrogens (tertiary/aromatic N) is 2. The molecule has 1 fully saturated rings. The molecule has 7 nitrogen and oxygen atoms in total. The molecule has 1 aromatic rings. The largest absolute Gasteiger partial charge is 0.452 e. The van der Waals surface area contributed by atoms with Crippen LogP contribution in [0.2, 0.25) is 5.02 Å². The molecule has 0 spiro atoms. The van der Waals surface area contributed by atoms with Gasteiger partial charge in [-0.2, -0.15) is 4.31 Å². The number of amides is 1. The zero-order valence-electron chi connectivity index (χ0n) is 17.2. The second kappa shape index (κ2) is 10.4. The van der Waals surface area contributed by atoms with E-state index in [1.54, 1.807) is 25.8 Å². The Balaban J connectivity index is 2.09. The van der Waals surface area contributed by atoms with Gasteiger partial charge in [0.25, 0.3) is 5.91 Å². The van der Waals surface area contributed by atoms with Crippen molar-refractivity contribution >= 4 is 33.5 Å². The number of hydrogen-bond donors (Lipinski definition) is 0. The average molecular weight is 445 g/mol. The lowest BCUT2D eigenvalue weighted by molar-refractivity contribution is -0.135. The summed E-state index contributed by atoms with van der Waals surface area (Å²) in [6.45, 7) is 3.68. The van der Waals surface area contributed by atoms with Crippen molar-refractivity contribution in [2.75, 3.05) is 26.7 Å². The molecule has 0 saturated heterocycles. The van der Waals surface area contributed by atoms with E-state index in [4.69, 9.17) is 16.3 Å². The van der Waals surface area contributed by atoms with Gasteiger partial charge in [0, 0.05) is 26.2 Å². The zero-order chi connectivity index (χ0) is 21.6. The zero-order valence-corrected chi connectivity index (χ0v) is 18.8. The molecule has 0 aromatic heterocycles. The third-order valence-corrected chi connectivity index (χ3v) is 7.72. The molecule has 0 bridgehead atoms. The maximum atomic E-state index is 12.7. The Morgan fingerprint density at radius 2 is 1.76 bits per heavy atom. The quantitative estimate of drug-likeness (QED) is 0.574. The molecule has 29 heavy (non-hydrogen) atoms. The number of esters is 1. The van der Waals surface area contributed by atoms with Gasteiger partial charge in [0.2, 0.25) is 10.0 Å². The van der Waals surface area contributed by atoms with Gasteiger partial charge in [-0.1, -0.05) is 44.7 Å². The topological polar surface area (TPSA) is 84.0 Å². The fourth-order valence-corrected chi connectivity index (χ4v) is 5.19. The van der Waals surface area contributed by atoms with Crippen LogP contribution in [0.4, 0.5) is 0 Å². The highest BCUT2D eigenvalue weighted by atomic mass is 35.5. The van der Waals surface area contributed by atoms with Gasteiger partial charge >= 0.3 is 5.97 Å². The van der Waals surface area contributed by atoms with Gasteiger partial charge in [-0.15, -0.1) is 0 Å². The highest BCUT2D eigenvalue weighted by molar-refractivity contribution is 7.89. The van der Waals surface area contributed by atoms with Crippen LogP contribution in [0, 0.1) is 0 Å². The number of halogens is 1. The van der Waals surface area contributed by atoms with Crippen molar-refractivity contribution in [3.05, 3.63) is 28.8 Å². The molecular weight excluding hydrogens is 416 g/mol. The molecule has 0 aliphatic heterocycles. The van der Waals surface area contributed by atoms with Crippen LogP contribution in [0.5, 0.6) is 0 Å². The number of hydrogen-bond acceptors (Lipinski definition) is 5. The first-order valence-corrected chi connectivity index (χ1v) is 11.8. The lowest BCUT2D eigenvalue weighted by atomic mass is 9.94. The number of ether oxygens (including phenoxy) is 1. The second-order valence-electron chi connectivity index (χ2n) is 7.10. The van der Waals surface area contributed by atoms with Gasteiger partial charge in [-0.25, -0.2) is 13.2 Å². The third-order valence-electron chi connectivity index (χ3n) is 5.34. The predicted octanol–water partition coefficient (Wildman–Crippen LogP) is 3.32. The first-order chi connectivity index (χ1) is 13.7. The van der Waals surface area contributed by atoms with E-state index in [0.29, 0.717) is 13.1 Å². The summed E-state index contributed by atoms with van der Waals surface area (Å²) in [6.07, 6.45) is 5.26. The molecule has 9 heteroatoms. The van der Waals surface area contributed by atoms with Gasteiger partial charge in [0.05, 0.1) is 15.5 Å². The minimum atomic E-state index is -3.74. The summed E-state index contributed by atoms with van der Waals surface area (Å²) in [4.78, 5) is 26.4. The van der Waals surface area contributed by atoms with E-state index in [9.17, 15) is 18.0 Å². The van der Waals surface area contributed by atoms with Gasteiger partial charge in [0.15, 0.2) is 6.61 Å². The molecule has 0 N–H and O–H groups in total. The predicted molar refractivity (Wildman–Crippen MR) is 111 cm³/mol. The number of carbonyl (C=O) groups is 2. The number of rotatable bonds is 8. The molecule has 1 saturated carbocycles. The number of carbonyl (C=O) groups excluding carboxylic acids is 2. The monoisotopic (exact) mass is 444 g/mol. The molecule has 0 radical (unpaired) electrons. The molecule has 2 rings (SSSR count). The van der Waals surface area contributed by atoms with Crippen LogP contribution >= 0.6 is 11.6 Å². The van der Waals surface area contributed by atoms with E-state index in [1.165, 1.54) is 28.9 Å². The van der Waals surface area contributed by atoms with Crippen LogP contribution in [0.25, 0.3) is 0 Å². The Hall–Kier alpha value is -1.64. The SMILES string of the molecule is CCN(CC)S(=O)(=O)c1ccc(Cl)c(C(=O)OCC(=O)N(C)C2CCCCC2)c1. The van der Waals surface area contributed by atoms with Crippen molar-refractivity contribution in [2.45, 2.75) is 56.9 Å². The van der Waals surface area contributed by atoms with Crippen LogP contribution in [-0.2, 0) is 19.6 Å². The normalized spacial score (nSPS) is 15.3. The second-order valence-corrected chi connectivity index (χ2v) is 9.45. The standard InChI is InChI=1S/C20H29ClN2O5S/c1-4-23(5-2)29(26,27)16-11-12-18(21)17(13-16)20(25)28-14-19(24)22(3)15-9-7-6-8-10-15/h11-13,15H,4-10,14H2,1-3H3. The Kier molecular flexibility index (Phi) is 8.48. The summed E-state index contributed by atoms with van der Waals surface area (Å²) < 4.78 is 31.8. The molecule has 1 aliphatic carbocycles. The van der Waals surface area contributed by atoms with Crippen molar-refractivity contribution in [1.82, 2.24) is 9.21 Å². The van der Waals surface area contributed by atoms with Crippen LogP contribution in [0.3, 0.4) is 0 Å². The minimum Gasteiger partial charge on any atom is -0.452 e. The van der Waals surface area contributed by atoms with E-state index >= 15 is 0 Å². The first kappa shape index (κ1) is 23.6. The van der Waals surface area contributed by atoms with E-state index < -0.39 is 22.6 Å². The van der Waals surface area contributed by atoms with Crippen molar-refractivity contribution in [3.8, 4) is 0 Å². The summed E-state index contributed by atoms with van der Waals surface area (Å²) in [5.74, 6) is -1.11. The van der Waals surface area contributed by atoms with Crippen LogP contribution in [0.1, 0.15) is 56.3 Å². The summed E-state index contributed by atoms with van der Waals surface area (Å²) in [6, 6.07) is 4.08. The first-order valence-electron chi connectivity index (χ1n) is 9.94. The Bertz CT molecular complexity index is 833. The van der Waals surface area contributed by atoms with Crippen molar-refractivity contribution in [3.63, 3.8) is 0 Å². The molecule has 1 aromatic carbocycles. The van der Waals surface area contributed by atoms with Crippen molar-refractivity contribution < 1.29 is 22.7 Å². The van der Waals surface area contributed by atoms with E-state index in [0.717, 1.165) is 25.7 Å². The maximum absolute atomic E-state index is 12.7. The van der Waals surface area contributed by atoms with Gasteiger partial charge in [0.1, 0.15) is 0 Å². The highest BCUT2D eigenvalue weighted by Crippen LogP contribution is 2.24. The fraction of sp³-hybridized carbons (Fsp3) is 0.600. The molecule has 1 amide bonds. The Morgan fingerprint density at radius 1 is 1.14 bits per heavy atom. The van der Waals surface area contributed by atoms with Crippen molar-refractivity contribution in [2.24, 2.45) is 0 Å². The molecule has 0 unspecified atom stereocenters. The van der Waals surface area contributed by atoms with Crippen LogP contribution < -0.4 is 0 Å². The van der Waals surface area contributed by atoms with Gasteiger partial charge in [-0.3, -0.25) is 4.79 Å². The lowest BCUT2D eigenvalue weighted by Gasteiger charge is -2.31. The smallest absolute Gasteiger partial charge is 0.340 e. The minimum absolute atomic E-state index is 0.0387. The van der Waals surface area contributed by atoms with E-state index in [-0.39, 0.29) is 27.4 Å². The third kappa shape index (κ3) is 5.71. The Labute approximate surface area is 178 Å². The van der Waals surface area contributed by atoms with Crippen molar-refractivity contribution in [1.29, 1.82) is 0 Å².